The molecule has 0 aliphatic heterocycles. The topological polar surface area (TPSA) is 89.3 Å². The van der Waals surface area contributed by atoms with Gasteiger partial charge in [-0.3, -0.25) is 4.79 Å². The number of pyridine rings is 1. The van der Waals surface area contributed by atoms with Crippen LogP contribution in [0.15, 0.2) is 42.6 Å². The molecule has 6 heteroatoms. The lowest BCUT2D eigenvalue weighted by molar-refractivity contribution is -0.114. The molecule has 1 aromatic carbocycles. The minimum atomic E-state index is -0.234. The zero-order chi connectivity index (χ0) is 15.8. The second kappa shape index (κ2) is 7.99. The van der Waals surface area contributed by atoms with Gasteiger partial charge in [0.05, 0.1) is 25.5 Å². The Morgan fingerprint density at radius 1 is 1.23 bits per heavy atom. The highest BCUT2D eigenvalue weighted by molar-refractivity contribution is 5.91. The lowest BCUT2D eigenvalue weighted by Gasteiger charge is -2.08. The molecule has 0 bridgehead atoms. The summed E-state index contributed by atoms with van der Waals surface area (Å²) in [6.07, 6.45) is 2.49. The van der Waals surface area contributed by atoms with E-state index in [0.29, 0.717) is 5.69 Å². The summed E-state index contributed by atoms with van der Waals surface area (Å²) in [5, 5.41) is 5.88. The van der Waals surface area contributed by atoms with Gasteiger partial charge >= 0.3 is 0 Å². The molecule has 0 saturated heterocycles. The number of amides is 1. The average Bonchev–Trinajstić information content (AvgIpc) is 2.57. The number of rotatable bonds is 7. The third kappa shape index (κ3) is 4.75. The van der Waals surface area contributed by atoms with Gasteiger partial charge < -0.3 is 21.1 Å². The largest absolute Gasteiger partial charge is 0.497 e. The predicted octanol–water partition coefficient (Wildman–Crippen LogP) is 1.64. The number of methoxy groups -OCH3 is 1. The van der Waals surface area contributed by atoms with Crippen LogP contribution in [0.25, 0.3) is 0 Å². The Hall–Kier alpha value is -2.60. The van der Waals surface area contributed by atoms with Crippen molar-refractivity contribution in [3.8, 4) is 5.75 Å². The van der Waals surface area contributed by atoms with Crippen LogP contribution in [-0.4, -0.2) is 31.1 Å². The highest BCUT2D eigenvalue weighted by Crippen LogP contribution is 2.12. The monoisotopic (exact) mass is 300 g/mol. The van der Waals surface area contributed by atoms with E-state index in [9.17, 15) is 4.79 Å². The molecular formula is C16H20N4O2. The summed E-state index contributed by atoms with van der Waals surface area (Å²) in [5.41, 5.74) is 7.09. The smallest absolute Gasteiger partial charge is 0.238 e. The molecule has 6 nitrogen and oxygen atoms in total. The van der Waals surface area contributed by atoms with Crippen LogP contribution in [-0.2, 0) is 11.2 Å². The fourth-order valence-electron chi connectivity index (χ4n) is 1.91. The molecule has 1 heterocycles. The first-order valence-electron chi connectivity index (χ1n) is 7.04. The van der Waals surface area contributed by atoms with E-state index in [0.717, 1.165) is 24.5 Å². The van der Waals surface area contributed by atoms with Gasteiger partial charge in [-0.15, -0.1) is 0 Å². The summed E-state index contributed by atoms with van der Waals surface area (Å²) >= 11 is 0. The molecule has 0 aliphatic rings. The number of aromatic nitrogens is 1. The van der Waals surface area contributed by atoms with Gasteiger partial charge in [0.1, 0.15) is 11.6 Å². The molecule has 4 N–H and O–H groups in total. The molecule has 0 spiro atoms. The van der Waals surface area contributed by atoms with Gasteiger partial charge in [0.2, 0.25) is 5.91 Å². The second-order valence-electron chi connectivity index (χ2n) is 4.71. The molecule has 116 valence electrons. The minimum absolute atomic E-state index is 0.0398. The Morgan fingerprint density at radius 3 is 2.59 bits per heavy atom. The number of anilines is 2. The lowest BCUT2D eigenvalue weighted by atomic mass is 10.1. The Morgan fingerprint density at radius 2 is 2.00 bits per heavy atom. The van der Waals surface area contributed by atoms with E-state index in [4.69, 9.17) is 10.5 Å². The predicted molar refractivity (Wildman–Crippen MR) is 87.1 cm³/mol. The maximum absolute atomic E-state index is 11.2. The number of carbonyl (C=O) groups excluding carboxylic acids is 1. The normalized spacial score (nSPS) is 10.1. The average molecular weight is 300 g/mol. The molecule has 2 aromatic rings. The fraction of sp³-hybridized carbons (Fsp3) is 0.250. The van der Waals surface area contributed by atoms with Crippen LogP contribution in [0.4, 0.5) is 11.5 Å². The van der Waals surface area contributed by atoms with E-state index < -0.39 is 0 Å². The third-order valence-corrected chi connectivity index (χ3v) is 3.11. The van der Waals surface area contributed by atoms with Crippen molar-refractivity contribution in [3.05, 3.63) is 48.2 Å². The molecule has 0 saturated carbocycles. The van der Waals surface area contributed by atoms with Crippen molar-refractivity contribution in [1.82, 2.24) is 4.98 Å². The van der Waals surface area contributed by atoms with E-state index in [1.807, 2.05) is 30.3 Å². The van der Waals surface area contributed by atoms with E-state index >= 15 is 0 Å². The molecule has 0 atom stereocenters. The van der Waals surface area contributed by atoms with Crippen LogP contribution >= 0.6 is 0 Å². The zero-order valence-electron chi connectivity index (χ0n) is 12.5. The van der Waals surface area contributed by atoms with Crippen LogP contribution in [0.3, 0.4) is 0 Å². The Bertz CT molecular complexity index is 597. The summed E-state index contributed by atoms with van der Waals surface area (Å²) in [7, 11) is 1.65. The van der Waals surface area contributed by atoms with Gasteiger partial charge in [-0.1, -0.05) is 12.1 Å². The van der Waals surface area contributed by atoms with E-state index in [2.05, 4.69) is 15.6 Å². The number of benzene rings is 1. The van der Waals surface area contributed by atoms with Gasteiger partial charge in [0.25, 0.3) is 0 Å². The molecule has 2 rings (SSSR count). The van der Waals surface area contributed by atoms with Crippen LogP contribution in [0.2, 0.25) is 0 Å². The zero-order valence-corrected chi connectivity index (χ0v) is 12.5. The molecule has 1 amide bonds. The maximum atomic E-state index is 11.2. The van der Waals surface area contributed by atoms with E-state index in [1.165, 1.54) is 5.56 Å². The number of hydrogen-bond donors (Lipinski definition) is 3. The van der Waals surface area contributed by atoms with Crippen molar-refractivity contribution in [2.45, 2.75) is 6.42 Å². The standard InChI is InChI=1S/C16H20N4O2/c1-22-14-5-2-12(3-6-14)8-9-18-15-7-4-13(11-19-15)20-16(21)10-17/h2-7,11H,8-10,17H2,1H3,(H,18,19)(H,20,21). The first-order chi connectivity index (χ1) is 10.7. The van der Waals surface area contributed by atoms with Crippen molar-refractivity contribution in [1.29, 1.82) is 0 Å². The molecule has 0 unspecified atom stereocenters. The Kier molecular flexibility index (Phi) is 5.73. The summed E-state index contributed by atoms with van der Waals surface area (Å²) in [5.74, 6) is 1.38. The minimum Gasteiger partial charge on any atom is -0.497 e. The Labute approximate surface area is 129 Å². The second-order valence-corrected chi connectivity index (χ2v) is 4.71. The molecule has 0 radical (unpaired) electrons. The first kappa shape index (κ1) is 15.8. The third-order valence-electron chi connectivity index (χ3n) is 3.11. The number of nitrogens with two attached hydrogens (primary N) is 1. The Balaban J connectivity index is 1.80. The quantitative estimate of drug-likeness (QED) is 0.723. The van der Waals surface area contributed by atoms with Gasteiger partial charge in [0.15, 0.2) is 0 Å². The molecule has 22 heavy (non-hydrogen) atoms. The van der Waals surface area contributed by atoms with Gasteiger partial charge in [-0.2, -0.15) is 0 Å². The summed E-state index contributed by atoms with van der Waals surface area (Å²) in [6.45, 7) is 0.732. The van der Waals surface area contributed by atoms with Gasteiger partial charge in [-0.05, 0) is 36.2 Å². The lowest BCUT2D eigenvalue weighted by Crippen LogP contribution is -2.21. The summed E-state index contributed by atoms with van der Waals surface area (Å²) in [4.78, 5) is 15.4. The molecule has 0 fully saturated rings. The number of ether oxygens (including phenoxy) is 1. The van der Waals surface area contributed by atoms with Crippen molar-refractivity contribution in [2.75, 3.05) is 30.8 Å². The maximum Gasteiger partial charge on any atom is 0.238 e. The fourth-order valence-corrected chi connectivity index (χ4v) is 1.91. The van der Waals surface area contributed by atoms with Crippen molar-refractivity contribution >= 4 is 17.4 Å². The van der Waals surface area contributed by atoms with Crippen LogP contribution in [0, 0.1) is 0 Å². The molecule has 0 aliphatic carbocycles. The van der Waals surface area contributed by atoms with E-state index in [1.54, 1.807) is 19.4 Å². The highest BCUT2D eigenvalue weighted by atomic mass is 16.5. The summed E-state index contributed by atoms with van der Waals surface area (Å²) in [6, 6.07) is 11.6. The van der Waals surface area contributed by atoms with Crippen molar-refractivity contribution < 1.29 is 9.53 Å². The molecule has 1 aromatic heterocycles. The molecular weight excluding hydrogens is 280 g/mol. The number of hydrogen-bond acceptors (Lipinski definition) is 5. The SMILES string of the molecule is COc1ccc(CCNc2ccc(NC(=O)CN)cn2)cc1. The van der Waals surface area contributed by atoms with Crippen LogP contribution < -0.4 is 21.1 Å². The number of nitrogens with zero attached hydrogens (tertiary/aromatic N) is 1. The summed E-state index contributed by atoms with van der Waals surface area (Å²) < 4.78 is 5.13. The van der Waals surface area contributed by atoms with Crippen LogP contribution in [0.5, 0.6) is 5.75 Å². The van der Waals surface area contributed by atoms with Crippen molar-refractivity contribution in [3.63, 3.8) is 0 Å². The van der Waals surface area contributed by atoms with Gasteiger partial charge in [0, 0.05) is 6.54 Å². The highest BCUT2D eigenvalue weighted by Gasteiger charge is 2.00. The van der Waals surface area contributed by atoms with Crippen LogP contribution in [0.1, 0.15) is 5.56 Å². The van der Waals surface area contributed by atoms with Crippen molar-refractivity contribution in [2.24, 2.45) is 5.73 Å². The number of nitrogens with one attached hydrogen (secondary N) is 2. The van der Waals surface area contributed by atoms with Gasteiger partial charge in [-0.25, -0.2) is 4.98 Å². The number of carbonyl (C=O) groups is 1. The first-order valence-corrected chi connectivity index (χ1v) is 7.04. The van der Waals surface area contributed by atoms with E-state index in [-0.39, 0.29) is 12.5 Å².